The van der Waals surface area contributed by atoms with Crippen molar-refractivity contribution in [3.05, 3.63) is 0 Å². The number of hydrogen-bond donors (Lipinski definition) is 1. The van der Waals surface area contributed by atoms with E-state index in [0.717, 1.165) is 32.2 Å². The summed E-state index contributed by atoms with van der Waals surface area (Å²) in [7, 11) is 0. The number of unbranched alkanes of at least 4 members (excludes halogenated alkanes) is 1. The highest BCUT2D eigenvalue weighted by Crippen LogP contribution is 2.23. The largest absolute Gasteiger partial charge is 0.480 e. The third kappa shape index (κ3) is 4.35. The van der Waals surface area contributed by atoms with E-state index in [9.17, 15) is 4.79 Å². The molecule has 0 saturated heterocycles. The van der Waals surface area contributed by atoms with E-state index in [0.29, 0.717) is 6.04 Å². The molecule has 1 aliphatic rings. The normalized spacial score (nSPS) is 16.8. The number of aliphatic carboxylic acids is 1. The standard InChI is InChI=1S/C12H19NO2/c1-2-3-6-9-13(10-12(14)15)11-7-4-5-8-11/h1,11H,3-10H2,(H,14,15). The van der Waals surface area contributed by atoms with E-state index in [1.807, 2.05) is 0 Å². The van der Waals surface area contributed by atoms with E-state index in [1.54, 1.807) is 0 Å². The minimum atomic E-state index is -0.734. The lowest BCUT2D eigenvalue weighted by molar-refractivity contribution is -0.138. The van der Waals surface area contributed by atoms with Crippen LogP contribution in [0.25, 0.3) is 0 Å². The molecular formula is C12H19NO2. The molecule has 1 aliphatic carbocycles. The molecule has 0 aromatic heterocycles. The second kappa shape index (κ2) is 6.47. The molecule has 0 atom stereocenters. The minimum Gasteiger partial charge on any atom is -0.480 e. The molecule has 1 N–H and O–H groups in total. The maximum atomic E-state index is 10.7. The van der Waals surface area contributed by atoms with Crippen LogP contribution in [0.3, 0.4) is 0 Å². The Morgan fingerprint density at radius 3 is 2.67 bits per heavy atom. The second-order valence-electron chi connectivity index (χ2n) is 4.11. The summed E-state index contributed by atoms with van der Waals surface area (Å²) in [6.07, 6.45) is 11.6. The van der Waals surface area contributed by atoms with Crippen molar-refractivity contribution in [1.29, 1.82) is 0 Å². The van der Waals surface area contributed by atoms with E-state index >= 15 is 0 Å². The Morgan fingerprint density at radius 2 is 2.13 bits per heavy atom. The number of hydrogen-bond acceptors (Lipinski definition) is 2. The van der Waals surface area contributed by atoms with Crippen molar-refractivity contribution in [2.75, 3.05) is 13.1 Å². The number of terminal acetylenes is 1. The monoisotopic (exact) mass is 209 g/mol. The third-order valence-electron chi connectivity index (χ3n) is 2.95. The average molecular weight is 209 g/mol. The fourth-order valence-electron chi connectivity index (χ4n) is 2.22. The zero-order chi connectivity index (χ0) is 11.1. The van der Waals surface area contributed by atoms with Gasteiger partial charge in [-0.25, -0.2) is 0 Å². The highest BCUT2D eigenvalue weighted by molar-refractivity contribution is 5.69. The summed E-state index contributed by atoms with van der Waals surface area (Å²) in [5.41, 5.74) is 0. The van der Waals surface area contributed by atoms with Crippen molar-refractivity contribution in [3.8, 4) is 12.3 Å². The van der Waals surface area contributed by atoms with Gasteiger partial charge in [0.1, 0.15) is 0 Å². The molecule has 0 bridgehead atoms. The zero-order valence-corrected chi connectivity index (χ0v) is 9.11. The first-order valence-corrected chi connectivity index (χ1v) is 5.63. The van der Waals surface area contributed by atoms with E-state index in [2.05, 4.69) is 10.8 Å². The summed E-state index contributed by atoms with van der Waals surface area (Å²) in [5, 5.41) is 8.82. The third-order valence-corrected chi connectivity index (χ3v) is 2.95. The van der Waals surface area contributed by atoms with Crippen LogP contribution in [-0.2, 0) is 4.79 Å². The molecular weight excluding hydrogens is 190 g/mol. The first-order valence-electron chi connectivity index (χ1n) is 5.63. The zero-order valence-electron chi connectivity index (χ0n) is 9.11. The Hall–Kier alpha value is -1.01. The smallest absolute Gasteiger partial charge is 0.317 e. The van der Waals surface area contributed by atoms with Gasteiger partial charge in [-0.1, -0.05) is 12.8 Å². The summed E-state index contributed by atoms with van der Waals surface area (Å²) in [5.74, 6) is 1.86. The average Bonchev–Trinajstić information content (AvgIpc) is 2.68. The van der Waals surface area contributed by atoms with E-state index in [1.165, 1.54) is 12.8 Å². The molecule has 3 nitrogen and oxygen atoms in total. The fourth-order valence-corrected chi connectivity index (χ4v) is 2.22. The van der Waals surface area contributed by atoms with Gasteiger partial charge in [0.15, 0.2) is 0 Å². The van der Waals surface area contributed by atoms with Gasteiger partial charge in [-0.15, -0.1) is 12.3 Å². The van der Waals surface area contributed by atoms with Gasteiger partial charge in [-0.05, 0) is 25.8 Å². The van der Waals surface area contributed by atoms with E-state index in [4.69, 9.17) is 11.5 Å². The van der Waals surface area contributed by atoms with Gasteiger partial charge in [0.2, 0.25) is 0 Å². The van der Waals surface area contributed by atoms with E-state index in [-0.39, 0.29) is 6.54 Å². The van der Waals surface area contributed by atoms with Gasteiger partial charge in [0.05, 0.1) is 6.54 Å². The summed E-state index contributed by atoms with van der Waals surface area (Å²) in [6, 6.07) is 0.471. The van der Waals surface area contributed by atoms with Crippen molar-refractivity contribution in [1.82, 2.24) is 4.90 Å². The van der Waals surface area contributed by atoms with Crippen molar-refractivity contribution >= 4 is 5.97 Å². The second-order valence-corrected chi connectivity index (χ2v) is 4.11. The van der Waals surface area contributed by atoms with Crippen molar-refractivity contribution in [3.63, 3.8) is 0 Å². The van der Waals surface area contributed by atoms with Gasteiger partial charge in [-0.2, -0.15) is 0 Å². The molecule has 15 heavy (non-hydrogen) atoms. The van der Waals surface area contributed by atoms with Crippen molar-refractivity contribution in [2.45, 2.75) is 44.6 Å². The topological polar surface area (TPSA) is 40.5 Å². The fraction of sp³-hybridized carbons (Fsp3) is 0.750. The number of carboxylic acids is 1. The molecule has 0 aromatic carbocycles. The van der Waals surface area contributed by atoms with Gasteiger partial charge in [0, 0.05) is 12.5 Å². The highest BCUT2D eigenvalue weighted by Gasteiger charge is 2.23. The lowest BCUT2D eigenvalue weighted by Crippen LogP contribution is -2.38. The van der Waals surface area contributed by atoms with Gasteiger partial charge in [-0.3, -0.25) is 9.69 Å². The van der Waals surface area contributed by atoms with Crippen molar-refractivity contribution < 1.29 is 9.90 Å². The molecule has 0 amide bonds. The summed E-state index contributed by atoms with van der Waals surface area (Å²) in [6.45, 7) is 0.983. The Bertz CT molecular complexity index is 238. The first kappa shape index (κ1) is 12.1. The molecule has 0 heterocycles. The van der Waals surface area contributed by atoms with E-state index < -0.39 is 5.97 Å². The van der Waals surface area contributed by atoms with Gasteiger partial charge >= 0.3 is 5.97 Å². The molecule has 3 heteroatoms. The van der Waals surface area contributed by atoms with Crippen LogP contribution in [0.5, 0.6) is 0 Å². The molecule has 1 rings (SSSR count). The maximum absolute atomic E-state index is 10.7. The summed E-state index contributed by atoms with van der Waals surface area (Å²) in [4.78, 5) is 12.8. The molecule has 0 aromatic rings. The van der Waals surface area contributed by atoms with Crippen LogP contribution < -0.4 is 0 Å². The summed E-state index contributed by atoms with van der Waals surface area (Å²) >= 11 is 0. The molecule has 0 aliphatic heterocycles. The Labute approximate surface area is 91.5 Å². The highest BCUT2D eigenvalue weighted by atomic mass is 16.4. The lowest BCUT2D eigenvalue weighted by Gasteiger charge is -2.26. The first-order chi connectivity index (χ1) is 7.24. The predicted molar refractivity (Wildman–Crippen MR) is 59.5 cm³/mol. The van der Waals surface area contributed by atoms with Crippen LogP contribution in [0.15, 0.2) is 0 Å². The summed E-state index contributed by atoms with van der Waals surface area (Å²) < 4.78 is 0. The molecule has 0 radical (unpaired) electrons. The molecule has 1 fully saturated rings. The molecule has 1 saturated carbocycles. The minimum absolute atomic E-state index is 0.162. The quantitative estimate of drug-likeness (QED) is 0.535. The predicted octanol–water partition coefficient (Wildman–Crippen LogP) is 1.73. The van der Waals surface area contributed by atoms with Crippen LogP contribution in [0.1, 0.15) is 38.5 Å². The van der Waals surface area contributed by atoms with Crippen LogP contribution >= 0.6 is 0 Å². The van der Waals surface area contributed by atoms with Crippen molar-refractivity contribution in [2.24, 2.45) is 0 Å². The van der Waals surface area contributed by atoms with Gasteiger partial charge < -0.3 is 5.11 Å². The molecule has 0 spiro atoms. The van der Waals surface area contributed by atoms with Crippen LogP contribution in [0.2, 0.25) is 0 Å². The molecule has 84 valence electrons. The molecule has 0 unspecified atom stereocenters. The Balaban J connectivity index is 2.37. The Morgan fingerprint density at radius 1 is 1.47 bits per heavy atom. The maximum Gasteiger partial charge on any atom is 0.317 e. The number of carbonyl (C=O) groups is 1. The van der Waals surface area contributed by atoms with Gasteiger partial charge in [0.25, 0.3) is 0 Å². The number of rotatable bonds is 6. The SMILES string of the molecule is C#CCCCN(CC(=O)O)C1CCCC1. The number of carboxylic acid groups (broad SMARTS) is 1. The van der Waals surface area contributed by atoms with Crippen LogP contribution in [0, 0.1) is 12.3 Å². The van der Waals surface area contributed by atoms with Crippen LogP contribution in [-0.4, -0.2) is 35.1 Å². The Kier molecular flexibility index (Phi) is 5.20. The number of nitrogens with zero attached hydrogens (tertiary/aromatic N) is 1. The van der Waals surface area contributed by atoms with Crippen LogP contribution in [0.4, 0.5) is 0 Å². The lowest BCUT2D eigenvalue weighted by atomic mass is 10.2.